The van der Waals surface area contributed by atoms with Crippen molar-refractivity contribution >= 4 is 11.7 Å². The third-order valence-corrected chi connectivity index (χ3v) is 6.48. The summed E-state index contributed by atoms with van der Waals surface area (Å²) in [6, 6.07) is 16.2. The lowest BCUT2D eigenvalue weighted by Gasteiger charge is -2.43. The average Bonchev–Trinajstić information content (AvgIpc) is 2.93. The number of rotatable bonds is 2. The van der Waals surface area contributed by atoms with Gasteiger partial charge in [0.2, 0.25) is 0 Å². The maximum atomic E-state index is 12.7. The largest absolute Gasteiger partial charge is 0.390 e. The molecule has 0 aromatic heterocycles. The molecule has 28 heavy (non-hydrogen) atoms. The number of urea groups is 1. The van der Waals surface area contributed by atoms with Gasteiger partial charge in [0, 0.05) is 24.2 Å². The predicted molar refractivity (Wildman–Crippen MR) is 112 cm³/mol. The maximum absolute atomic E-state index is 12.7. The van der Waals surface area contributed by atoms with Crippen molar-refractivity contribution in [1.29, 1.82) is 0 Å². The summed E-state index contributed by atoms with van der Waals surface area (Å²) in [5.41, 5.74) is 4.18. The van der Waals surface area contributed by atoms with Crippen LogP contribution in [0.5, 0.6) is 0 Å². The van der Waals surface area contributed by atoms with Crippen molar-refractivity contribution < 1.29 is 9.90 Å². The van der Waals surface area contributed by atoms with E-state index in [0.29, 0.717) is 13.1 Å². The van der Waals surface area contributed by atoms with E-state index in [1.807, 2.05) is 56.3 Å². The summed E-state index contributed by atoms with van der Waals surface area (Å²) in [5, 5.41) is 14.3. The topological polar surface area (TPSA) is 55.8 Å². The summed E-state index contributed by atoms with van der Waals surface area (Å²) in [5.74, 6) is 0. The van der Waals surface area contributed by atoms with Crippen LogP contribution in [-0.2, 0) is 5.41 Å². The first kappa shape index (κ1) is 19.0. The number of nitrogens with one attached hydrogen (secondary N) is 1. The van der Waals surface area contributed by atoms with Gasteiger partial charge in [0.05, 0.1) is 12.1 Å². The van der Waals surface area contributed by atoms with Gasteiger partial charge in [-0.1, -0.05) is 42.0 Å². The molecule has 1 spiro atoms. The number of anilines is 1. The number of aliphatic hydroxyl groups is 1. The Hall–Kier alpha value is -2.37. The highest BCUT2D eigenvalue weighted by molar-refractivity contribution is 5.89. The molecule has 2 amide bonds. The smallest absolute Gasteiger partial charge is 0.321 e. The number of piperidine rings is 1. The van der Waals surface area contributed by atoms with E-state index in [4.69, 9.17) is 0 Å². The number of benzene rings is 2. The molecule has 5 nitrogen and oxygen atoms in total. The van der Waals surface area contributed by atoms with E-state index < -0.39 is 6.10 Å². The molecule has 1 aliphatic heterocycles. The van der Waals surface area contributed by atoms with Crippen LogP contribution in [0.25, 0.3) is 0 Å². The standard InChI is InChI=1S/C23H29N3O2/c1-16-8-10-17(11-9-16)24-22(28)26-14-12-23(13-15-26)19-7-5-4-6-18(19)20(21(23)27)25(2)3/h4-11,20-21,27H,12-15H2,1-3H3,(H,24,28)/t20-,21+/m1/s1. The van der Waals surface area contributed by atoms with E-state index in [0.717, 1.165) is 18.5 Å². The lowest BCUT2D eigenvalue weighted by molar-refractivity contribution is 0.00296. The zero-order valence-electron chi connectivity index (χ0n) is 16.9. The number of likely N-dealkylation sites (tertiary alicyclic amines) is 1. The first-order valence-electron chi connectivity index (χ1n) is 9.99. The predicted octanol–water partition coefficient (Wildman–Crippen LogP) is 3.54. The van der Waals surface area contributed by atoms with Gasteiger partial charge in [0.15, 0.2) is 0 Å². The van der Waals surface area contributed by atoms with Crippen molar-refractivity contribution in [2.75, 3.05) is 32.5 Å². The highest BCUT2D eigenvalue weighted by Gasteiger charge is 2.53. The van der Waals surface area contributed by atoms with Gasteiger partial charge in [0.1, 0.15) is 0 Å². The van der Waals surface area contributed by atoms with Crippen LogP contribution in [0.2, 0.25) is 0 Å². The molecule has 1 fully saturated rings. The summed E-state index contributed by atoms with van der Waals surface area (Å²) >= 11 is 0. The molecular weight excluding hydrogens is 350 g/mol. The third-order valence-electron chi connectivity index (χ3n) is 6.48. The van der Waals surface area contributed by atoms with Crippen LogP contribution in [-0.4, -0.2) is 54.2 Å². The molecule has 148 valence electrons. The average molecular weight is 380 g/mol. The molecule has 1 heterocycles. The molecule has 0 radical (unpaired) electrons. The first-order chi connectivity index (χ1) is 13.4. The van der Waals surface area contributed by atoms with Crippen LogP contribution in [0.4, 0.5) is 10.5 Å². The van der Waals surface area contributed by atoms with E-state index >= 15 is 0 Å². The molecule has 2 aliphatic rings. The Morgan fingerprint density at radius 1 is 1.11 bits per heavy atom. The molecule has 2 atom stereocenters. The maximum Gasteiger partial charge on any atom is 0.321 e. The summed E-state index contributed by atoms with van der Waals surface area (Å²) in [7, 11) is 4.04. The summed E-state index contributed by atoms with van der Waals surface area (Å²) in [4.78, 5) is 16.7. The van der Waals surface area contributed by atoms with Gasteiger partial charge < -0.3 is 20.2 Å². The van der Waals surface area contributed by atoms with Gasteiger partial charge in [-0.2, -0.15) is 0 Å². The van der Waals surface area contributed by atoms with Crippen molar-refractivity contribution in [3.05, 3.63) is 65.2 Å². The minimum atomic E-state index is -0.456. The van der Waals surface area contributed by atoms with Gasteiger partial charge >= 0.3 is 6.03 Å². The fraction of sp³-hybridized carbons (Fsp3) is 0.435. The minimum Gasteiger partial charge on any atom is -0.390 e. The Kier molecular flexibility index (Phi) is 4.89. The van der Waals surface area contributed by atoms with Gasteiger partial charge in [0.25, 0.3) is 0 Å². The molecule has 0 bridgehead atoms. The second kappa shape index (κ2) is 7.22. The normalized spacial score (nSPS) is 23.1. The molecule has 1 saturated heterocycles. The van der Waals surface area contributed by atoms with Crippen molar-refractivity contribution in [1.82, 2.24) is 9.80 Å². The number of hydrogen-bond acceptors (Lipinski definition) is 3. The number of likely N-dealkylation sites (N-methyl/N-ethyl adjacent to an activating group) is 1. The van der Waals surface area contributed by atoms with Crippen molar-refractivity contribution in [3.8, 4) is 0 Å². The Labute approximate surface area is 167 Å². The zero-order valence-corrected chi connectivity index (χ0v) is 16.9. The van der Waals surface area contributed by atoms with Crippen LogP contribution < -0.4 is 5.32 Å². The van der Waals surface area contributed by atoms with E-state index in [1.165, 1.54) is 16.7 Å². The Morgan fingerprint density at radius 3 is 2.39 bits per heavy atom. The lowest BCUT2D eigenvalue weighted by Crippen LogP contribution is -2.51. The fourth-order valence-electron chi connectivity index (χ4n) is 4.91. The van der Waals surface area contributed by atoms with Crippen molar-refractivity contribution in [2.45, 2.75) is 37.3 Å². The number of carbonyl (C=O) groups is 1. The molecule has 2 aromatic carbocycles. The van der Waals surface area contributed by atoms with E-state index in [2.05, 4.69) is 28.4 Å². The number of aliphatic hydroxyl groups excluding tert-OH is 1. The van der Waals surface area contributed by atoms with Crippen LogP contribution in [0.3, 0.4) is 0 Å². The van der Waals surface area contributed by atoms with Crippen LogP contribution >= 0.6 is 0 Å². The summed E-state index contributed by atoms with van der Waals surface area (Å²) in [6.45, 7) is 3.31. The number of carbonyl (C=O) groups excluding carboxylic acids is 1. The molecule has 2 aromatic rings. The monoisotopic (exact) mass is 379 g/mol. The molecule has 0 saturated carbocycles. The second-order valence-electron chi connectivity index (χ2n) is 8.38. The molecule has 0 unspecified atom stereocenters. The van der Waals surface area contributed by atoms with Crippen LogP contribution in [0, 0.1) is 6.92 Å². The number of nitrogens with zero attached hydrogens (tertiary/aromatic N) is 2. The molecular formula is C23H29N3O2. The third kappa shape index (κ3) is 3.09. The Bertz CT molecular complexity index is 854. The number of amides is 2. The van der Waals surface area contributed by atoms with Gasteiger partial charge in [-0.3, -0.25) is 0 Å². The van der Waals surface area contributed by atoms with Gasteiger partial charge in [-0.15, -0.1) is 0 Å². The Morgan fingerprint density at radius 2 is 1.75 bits per heavy atom. The molecule has 1 aliphatic carbocycles. The van der Waals surface area contributed by atoms with Gasteiger partial charge in [-0.05, 0) is 57.1 Å². The minimum absolute atomic E-state index is 0.00383. The molecule has 4 rings (SSSR count). The van der Waals surface area contributed by atoms with Crippen LogP contribution in [0.1, 0.15) is 35.6 Å². The van der Waals surface area contributed by atoms with E-state index in [-0.39, 0.29) is 17.5 Å². The first-order valence-corrected chi connectivity index (χ1v) is 9.99. The van der Waals surface area contributed by atoms with Gasteiger partial charge in [-0.25, -0.2) is 4.79 Å². The molecule has 2 N–H and O–H groups in total. The highest BCUT2D eigenvalue weighted by atomic mass is 16.3. The fourth-order valence-corrected chi connectivity index (χ4v) is 4.91. The quantitative estimate of drug-likeness (QED) is 0.839. The Balaban J connectivity index is 1.50. The number of fused-ring (bicyclic) bond motifs is 2. The lowest BCUT2D eigenvalue weighted by atomic mass is 9.72. The zero-order chi connectivity index (χ0) is 19.9. The summed E-state index contributed by atoms with van der Waals surface area (Å²) < 4.78 is 0. The van der Waals surface area contributed by atoms with E-state index in [9.17, 15) is 9.90 Å². The number of hydrogen-bond donors (Lipinski definition) is 2. The van der Waals surface area contributed by atoms with Crippen molar-refractivity contribution in [2.24, 2.45) is 0 Å². The number of aryl methyl sites for hydroxylation is 1. The molecule has 5 heteroatoms. The van der Waals surface area contributed by atoms with E-state index in [1.54, 1.807) is 0 Å². The highest BCUT2D eigenvalue weighted by Crippen LogP contribution is 2.52. The SMILES string of the molecule is Cc1ccc(NC(=O)N2CCC3(CC2)c2ccccc2[C@@H](N(C)C)[C@@H]3O)cc1. The second-order valence-corrected chi connectivity index (χ2v) is 8.38. The summed E-state index contributed by atoms with van der Waals surface area (Å²) in [6.07, 6.45) is 1.09. The van der Waals surface area contributed by atoms with Crippen molar-refractivity contribution in [3.63, 3.8) is 0 Å². The van der Waals surface area contributed by atoms with Crippen LogP contribution in [0.15, 0.2) is 48.5 Å².